The predicted molar refractivity (Wildman–Crippen MR) is 128 cm³/mol. The Kier molecular flexibility index (Phi) is 7.51. The van der Waals surface area contributed by atoms with Crippen molar-refractivity contribution in [2.24, 2.45) is 0 Å². The Morgan fingerprint density at radius 3 is 2.88 bits per heavy atom. The maximum absolute atomic E-state index is 12.5. The summed E-state index contributed by atoms with van der Waals surface area (Å²) >= 11 is 6.16. The van der Waals surface area contributed by atoms with Crippen molar-refractivity contribution in [2.75, 3.05) is 19.6 Å². The van der Waals surface area contributed by atoms with Crippen LogP contribution in [0.5, 0.6) is 0 Å². The Morgan fingerprint density at radius 2 is 2.06 bits per heavy atom. The Hall–Kier alpha value is -2.76. The highest BCUT2D eigenvalue weighted by Crippen LogP contribution is 2.27. The van der Waals surface area contributed by atoms with E-state index in [9.17, 15) is 4.79 Å². The molecule has 2 aromatic heterocycles. The molecule has 0 bridgehead atoms. The summed E-state index contributed by atoms with van der Waals surface area (Å²) in [5, 5.41) is 3.74. The van der Waals surface area contributed by atoms with Gasteiger partial charge in [-0.25, -0.2) is 0 Å². The van der Waals surface area contributed by atoms with Crippen LogP contribution in [0, 0.1) is 6.92 Å². The number of piperidine rings is 1. The lowest BCUT2D eigenvalue weighted by Gasteiger charge is -2.32. The number of halogens is 1. The molecule has 1 aromatic carbocycles. The highest BCUT2D eigenvalue weighted by molar-refractivity contribution is 6.30. The first-order chi connectivity index (χ1) is 15.5. The number of hydrogen-bond acceptors (Lipinski definition) is 4. The number of nitrogens with zero attached hydrogens (tertiary/aromatic N) is 3. The van der Waals surface area contributed by atoms with Crippen molar-refractivity contribution >= 4 is 17.5 Å². The number of nitrogens with one attached hydrogen (secondary N) is 1. The molecular weight excluding hydrogens is 420 g/mol. The van der Waals surface area contributed by atoms with Gasteiger partial charge in [-0.15, -0.1) is 0 Å². The van der Waals surface area contributed by atoms with Crippen LogP contribution in [0.15, 0.2) is 60.8 Å². The zero-order valence-electron chi connectivity index (χ0n) is 18.4. The highest BCUT2D eigenvalue weighted by atomic mass is 35.5. The molecule has 1 amide bonds. The number of carbonyl (C=O) groups is 1. The zero-order valence-corrected chi connectivity index (χ0v) is 19.2. The molecule has 0 saturated carbocycles. The van der Waals surface area contributed by atoms with E-state index in [-0.39, 0.29) is 5.91 Å². The lowest BCUT2D eigenvalue weighted by Crippen LogP contribution is -2.42. The molecular formula is C26H29ClN4O. The first-order valence-electron chi connectivity index (χ1n) is 11.2. The van der Waals surface area contributed by atoms with Crippen LogP contribution in [0.1, 0.15) is 47.0 Å². The van der Waals surface area contributed by atoms with Gasteiger partial charge < -0.3 is 5.32 Å². The highest BCUT2D eigenvalue weighted by Gasteiger charge is 2.24. The molecule has 5 nitrogen and oxygen atoms in total. The minimum atomic E-state index is 0.0372. The summed E-state index contributed by atoms with van der Waals surface area (Å²) in [7, 11) is 0. The second kappa shape index (κ2) is 10.7. The lowest BCUT2D eigenvalue weighted by atomic mass is 9.92. The largest absolute Gasteiger partial charge is 0.349 e. The van der Waals surface area contributed by atoms with Gasteiger partial charge in [0.15, 0.2) is 0 Å². The van der Waals surface area contributed by atoms with E-state index in [1.807, 2.05) is 36.4 Å². The van der Waals surface area contributed by atoms with Gasteiger partial charge in [-0.2, -0.15) is 0 Å². The third-order valence-corrected chi connectivity index (χ3v) is 6.05. The monoisotopic (exact) mass is 448 g/mol. The van der Waals surface area contributed by atoms with Crippen molar-refractivity contribution in [2.45, 2.75) is 38.6 Å². The number of pyridine rings is 2. The van der Waals surface area contributed by atoms with Gasteiger partial charge in [0.1, 0.15) is 0 Å². The van der Waals surface area contributed by atoms with Crippen LogP contribution in [0.2, 0.25) is 5.02 Å². The van der Waals surface area contributed by atoms with Crippen LogP contribution >= 0.6 is 11.6 Å². The Labute approximate surface area is 194 Å². The van der Waals surface area contributed by atoms with E-state index < -0.39 is 0 Å². The molecule has 0 spiro atoms. The quantitative estimate of drug-likeness (QED) is 0.577. The Morgan fingerprint density at radius 1 is 1.16 bits per heavy atom. The molecule has 0 aliphatic carbocycles. The molecule has 0 radical (unpaired) electrons. The molecule has 32 heavy (non-hydrogen) atoms. The minimum absolute atomic E-state index is 0.0372. The predicted octanol–water partition coefficient (Wildman–Crippen LogP) is 4.53. The van der Waals surface area contributed by atoms with Gasteiger partial charge in [0.05, 0.1) is 18.8 Å². The smallest absolute Gasteiger partial charge is 0.234 e. The fourth-order valence-electron chi connectivity index (χ4n) is 4.35. The van der Waals surface area contributed by atoms with Crippen molar-refractivity contribution in [3.05, 3.63) is 94.0 Å². The average Bonchev–Trinajstić information content (AvgIpc) is 2.78. The molecule has 1 aliphatic heterocycles. The summed E-state index contributed by atoms with van der Waals surface area (Å²) in [6.45, 7) is 4.71. The van der Waals surface area contributed by atoms with Crippen molar-refractivity contribution in [1.82, 2.24) is 20.2 Å². The number of benzene rings is 1. The zero-order chi connectivity index (χ0) is 22.3. The number of rotatable bonds is 7. The normalized spacial score (nSPS) is 16.6. The standard InChI is InChI=1S/C26H29ClN4O/c1-19-12-21(13-20-6-4-8-23(27)14-20)15-25(30-19)22-7-5-11-31(17-22)18-26(32)29-16-24-9-2-3-10-28-24/h2-4,6,8-10,12,14-15,22H,5,7,11,13,16-18H2,1H3,(H,29,32)/t22-/m0/s1. The van der Waals surface area contributed by atoms with Crippen LogP contribution in [0.4, 0.5) is 0 Å². The van der Waals surface area contributed by atoms with E-state index in [0.29, 0.717) is 19.0 Å². The van der Waals surface area contributed by atoms with E-state index in [4.69, 9.17) is 16.6 Å². The van der Waals surface area contributed by atoms with Gasteiger partial charge >= 0.3 is 0 Å². The fraction of sp³-hybridized carbons (Fsp3) is 0.346. The van der Waals surface area contributed by atoms with Gasteiger partial charge in [0.25, 0.3) is 0 Å². The molecule has 1 N–H and O–H groups in total. The van der Waals surface area contributed by atoms with Gasteiger partial charge in [-0.1, -0.05) is 29.8 Å². The number of carbonyl (C=O) groups excluding carboxylic acids is 1. The van der Waals surface area contributed by atoms with E-state index in [0.717, 1.165) is 54.5 Å². The van der Waals surface area contributed by atoms with Crippen LogP contribution in [-0.4, -0.2) is 40.4 Å². The van der Waals surface area contributed by atoms with Gasteiger partial charge in [0.2, 0.25) is 5.91 Å². The van der Waals surface area contributed by atoms with E-state index in [2.05, 4.69) is 40.3 Å². The number of likely N-dealkylation sites (tertiary alicyclic amines) is 1. The van der Waals surface area contributed by atoms with E-state index in [1.54, 1.807) is 6.20 Å². The van der Waals surface area contributed by atoms with Crippen molar-refractivity contribution in [3.8, 4) is 0 Å². The summed E-state index contributed by atoms with van der Waals surface area (Å²) < 4.78 is 0. The number of aryl methyl sites for hydroxylation is 1. The molecule has 4 rings (SSSR count). The topological polar surface area (TPSA) is 58.1 Å². The maximum Gasteiger partial charge on any atom is 0.234 e. The lowest BCUT2D eigenvalue weighted by molar-refractivity contribution is -0.122. The number of aromatic nitrogens is 2. The third-order valence-electron chi connectivity index (χ3n) is 5.81. The number of hydrogen-bond donors (Lipinski definition) is 1. The number of amides is 1. The molecule has 1 fully saturated rings. The molecule has 1 saturated heterocycles. The van der Waals surface area contributed by atoms with Crippen LogP contribution in [0.3, 0.4) is 0 Å². The first kappa shape index (κ1) is 22.4. The summed E-state index contributed by atoms with van der Waals surface area (Å²) in [6, 6.07) is 18.1. The van der Waals surface area contributed by atoms with Crippen molar-refractivity contribution in [3.63, 3.8) is 0 Å². The molecule has 3 aromatic rings. The van der Waals surface area contributed by atoms with Crippen LogP contribution < -0.4 is 5.32 Å². The molecule has 1 aliphatic rings. The third kappa shape index (κ3) is 6.38. The fourth-order valence-corrected chi connectivity index (χ4v) is 4.57. The van der Waals surface area contributed by atoms with E-state index >= 15 is 0 Å². The summed E-state index contributed by atoms with van der Waals surface area (Å²) in [4.78, 5) is 23.8. The molecule has 0 unspecified atom stereocenters. The molecule has 6 heteroatoms. The average molecular weight is 449 g/mol. The molecule has 3 heterocycles. The van der Waals surface area contributed by atoms with Crippen LogP contribution in [-0.2, 0) is 17.8 Å². The van der Waals surface area contributed by atoms with Crippen LogP contribution in [0.25, 0.3) is 0 Å². The second-order valence-electron chi connectivity index (χ2n) is 8.52. The van der Waals surface area contributed by atoms with E-state index in [1.165, 1.54) is 11.1 Å². The van der Waals surface area contributed by atoms with Crippen molar-refractivity contribution in [1.29, 1.82) is 0 Å². The Balaban J connectivity index is 1.37. The summed E-state index contributed by atoms with van der Waals surface area (Å²) in [5.74, 6) is 0.375. The summed E-state index contributed by atoms with van der Waals surface area (Å²) in [5.41, 5.74) is 5.47. The summed E-state index contributed by atoms with van der Waals surface area (Å²) in [6.07, 6.45) is 4.74. The molecule has 1 atom stereocenters. The first-order valence-corrected chi connectivity index (χ1v) is 11.5. The van der Waals surface area contributed by atoms with Crippen molar-refractivity contribution < 1.29 is 4.79 Å². The maximum atomic E-state index is 12.5. The SMILES string of the molecule is Cc1cc(Cc2cccc(Cl)c2)cc([C@H]2CCCN(CC(=O)NCc3ccccn3)C2)n1. The second-order valence-corrected chi connectivity index (χ2v) is 8.96. The Bertz CT molecular complexity index is 1060. The molecule has 166 valence electrons. The van der Waals surface area contributed by atoms with Gasteiger partial charge in [-0.3, -0.25) is 19.7 Å². The van der Waals surface area contributed by atoms with Gasteiger partial charge in [-0.05, 0) is 80.3 Å². The minimum Gasteiger partial charge on any atom is -0.349 e. The van der Waals surface area contributed by atoms with Gasteiger partial charge in [0, 0.05) is 35.1 Å².